The summed E-state index contributed by atoms with van der Waals surface area (Å²) in [6.07, 6.45) is 4.71. The van der Waals surface area contributed by atoms with Crippen molar-refractivity contribution < 1.29 is 38.1 Å². The average molecular weight is 647 g/mol. The quantitative estimate of drug-likeness (QED) is 0.269. The Kier molecular flexibility index (Phi) is 8.86. The van der Waals surface area contributed by atoms with Gasteiger partial charge in [0.1, 0.15) is 35.8 Å². The molecule has 6 rings (SSSR count). The summed E-state index contributed by atoms with van der Waals surface area (Å²) >= 11 is 0. The van der Waals surface area contributed by atoms with Crippen LogP contribution in [0.25, 0.3) is 10.9 Å². The molecule has 1 saturated heterocycles. The number of carbonyl (C=O) groups is 3. The van der Waals surface area contributed by atoms with Gasteiger partial charge in [0.2, 0.25) is 17.7 Å². The standard InChI is InChI=1S/C35H42N4O8/c1-7-21-17-35(21)33(41)47-31(38-35)25-15-23(18-39(25)32(40)29(19(3)4)37-34(42)46-22-11-9-10-12-22)45-27-16-28(44-8-2)36-30-20(5)26(43-6)14-13-24(27)30/h7,13-14,16,21-23,25,29H,1,3,8-12,15,17-18H2,2,4-6H3,(H,37,42)/t21-,23-,25+,29+,35-/m1/s1. The molecule has 12 heteroatoms. The molecule has 2 aromatic rings. The van der Waals surface area contributed by atoms with Gasteiger partial charge in [-0.1, -0.05) is 12.7 Å². The predicted molar refractivity (Wildman–Crippen MR) is 174 cm³/mol. The van der Waals surface area contributed by atoms with Crippen molar-refractivity contribution in [2.24, 2.45) is 10.9 Å². The molecular weight excluding hydrogens is 604 g/mol. The SMILES string of the molecule is C=C[C@@H]1C[C@@]12N=C([C@@H]1C[C@@H](Oc3cc(OCC)nc4c(C)c(OC)ccc34)CN1C(=O)[C@@H](NC(=O)OC1CCCC1)C(=C)C)OC2=O. The maximum Gasteiger partial charge on any atom is 0.408 e. The van der Waals surface area contributed by atoms with Crippen LogP contribution >= 0.6 is 0 Å². The third-order valence-electron chi connectivity index (χ3n) is 9.47. The molecule has 2 saturated carbocycles. The van der Waals surface area contributed by atoms with Crippen LogP contribution < -0.4 is 19.5 Å². The summed E-state index contributed by atoms with van der Waals surface area (Å²) in [7, 11) is 1.60. The highest BCUT2D eigenvalue weighted by atomic mass is 16.6. The summed E-state index contributed by atoms with van der Waals surface area (Å²) in [6.45, 7) is 13.8. The molecule has 3 fully saturated rings. The van der Waals surface area contributed by atoms with E-state index in [1.807, 2.05) is 26.0 Å². The van der Waals surface area contributed by atoms with Crippen LogP contribution in [0, 0.1) is 12.8 Å². The van der Waals surface area contributed by atoms with Gasteiger partial charge < -0.3 is 33.9 Å². The van der Waals surface area contributed by atoms with Gasteiger partial charge in [0.25, 0.3) is 0 Å². The van der Waals surface area contributed by atoms with E-state index in [0.29, 0.717) is 41.5 Å². The number of fused-ring (bicyclic) bond motifs is 1. The molecule has 2 amide bonds. The van der Waals surface area contributed by atoms with Gasteiger partial charge in [0.15, 0.2) is 5.54 Å². The lowest BCUT2D eigenvalue weighted by Gasteiger charge is -2.28. The molecule has 1 aromatic carbocycles. The number of hydrogen-bond acceptors (Lipinski definition) is 10. The number of aliphatic imine (C=N–C) groups is 1. The number of cyclic esters (lactones) is 1. The molecule has 1 aromatic heterocycles. The Bertz CT molecular complexity index is 1650. The molecule has 250 valence electrons. The summed E-state index contributed by atoms with van der Waals surface area (Å²) in [5.74, 6) is 0.746. The first-order chi connectivity index (χ1) is 22.6. The smallest absolute Gasteiger partial charge is 0.408 e. The Morgan fingerprint density at radius 3 is 2.66 bits per heavy atom. The molecule has 47 heavy (non-hydrogen) atoms. The van der Waals surface area contributed by atoms with Crippen molar-refractivity contribution in [1.82, 2.24) is 15.2 Å². The third-order valence-corrected chi connectivity index (χ3v) is 9.47. The fourth-order valence-corrected chi connectivity index (χ4v) is 6.82. The number of alkyl carbamates (subject to hydrolysis) is 1. The van der Waals surface area contributed by atoms with Crippen molar-refractivity contribution in [2.45, 2.75) is 89.1 Å². The van der Waals surface area contributed by atoms with E-state index in [-0.39, 0.29) is 30.9 Å². The van der Waals surface area contributed by atoms with Gasteiger partial charge in [-0.05, 0) is 70.6 Å². The van der Waals surface area contributed by atoms with Gasteiger partial charge in [-0.2, -0.15) is 0 Å². The first-order valence-corrected chi connectivity index (χ1v) is 16.2. The zero-order valence-corrected chi connectivity index (χ0v) is 27.4. The average Bonchev–Trinajstić information content (AvgIpc) is 3.35. The van der Waals surface area contributed by atoms with Crippen LogP contribution in [0.4, 0.5) is 4.79 Å². The van der Waals surface area contributed by atoms with Gasteiger partial charge in [-0.25, -0.2) is 19.6 Å². The van der Waals surface area contributed by atoms with Gasteiger partial charge in [0.05, 0.1) is 25.8 Å². The summed E-state index contributed by atoms with van der Waals surface area (Å²) in [5, 5.41) is 3.47. The minimum atomic E-state index is -1.07. The topological polar surface area (TPSA) is 138 Å². The van der Waals surface area contributed by atoms with Crippen LogP contribution in [0.15, 0.2) is 48.0 Å². The normalized spacial score (nSPS) is 25.7. The van der Waals surface area contributed by atoms with E-state index in [2.05, 4.69) is 23.5 Å². The van der Waals surface area contributed by atoms with Crippen molar-refractivity contribution in [3.05, 3.63) is 48.6 Å². The monoisotopic (exact) mass is 646 g/mol. The van der Waals surface area contributed by atoms with E-state index in [0.717, 1.165) is 36.6 Å². The Balaban J connectivity index is 1.31. The van der Waals surface area contributed by atoms with E-state index in [4.69, 9.17) is 28.7 Å². The number of esters is 1. The van der Waals surface area contributed by atoms with Crippen molar-refractivity contribution in [3.63, 3.8) is 0 Å². The van der Waals surface area contributed by atoms with E-state index in [9.17, 15) is 14.4 Å². The maximum atomic E-state index is 14.3. The third kappa shape index (κ3) is 6.13. The summed E-state index contributed by atoms with van der Waals surface area (Å²) in [5.41, 5.74) is 0.936. The van der Waals surface area contributed by atoms with Crippen LogP contribution in [-0.2, 0) is 19.1 Å². The fraction of sp³-hybridized carbons (Fsp3) is 0.514. The number of nitrogens with one attached hydrogen (secondary N) is 1. The molecule has 4 aliphatic rings. The zero-order chi connectivity index (χ0) is 33.5. The number of benzene rings is 1. The van der Waals surface area contributed by atoms with Crippen LogP contribution in [-0.4, -0.2) is 83.8 Å². The van der Waals surface area contributed by atoms with Crippen molar-refractivity contribution >= 4 is 34.8 Å². The predicted octanol–water partition coefficient (Wildman–Crippen LogP) is 4.81. The Hall–Kier alpha value is -4.61. The van der Waals surface area contributed by atoms with E-state index in [1.165, 1.54) is 0 Å². The lowest BCUT2D eigenvalue weighted by atomic mass is 10.1. The van der Waals surface area contributed by atoms with Gasteiger partial charge in [-0.15, -0.1) is 6.58 Å². The van der Waals surface area contributed by atoms with Crippen LogP contribution in [0.3, 0.4) is 0 Å². The van der Waals surface area contributed by atoms with Crippen molar-refractivity contribution in [3.8, 4) is 17.4 Å². The van der Waals surface area contributed by atoms with E-state index in [1.54, 1.807) is 31.1 Å². The number of aryl methyl sites for hydroxylation is 1. The van der Waals surface area contributed by atoms with Crippen molar-refractivity contribution in [2.75, 3.05) is 20.3 Å². The number of pyridine rings is 1. The van der Waals surface area contributed by atoms with E-state index >= 15 is 0 Å². The number of likely N-dealkylation sites (tertiary alicyclic amines) is 1. The molecule has 2 aliphatic heterocycles. The first-order valence-electron chi connectivity index (χ1n) is 16.2. The zero-order valence-electron chi connectivity index (χ0n) is 27.4. The molecule has 3 heterocycles. The Labute approximate surface area is 274 Å². The highest BCUT2D eigenvalue weighted by Gasteiger charge is 2.65. The molecule has 0 unspecified atom stereocenters. The largest absolute Gasteiger partial charge is 0.496 e. The van der Waals surface area contributed by atoms with Crippen LogP contribution in [0.2, 0.25) is 0 Å². The number of aromatic nitrogens is 1. The minimum Gasteiger partial charge on any atom is -0.496 e. The highest BCUT2D eigenvalue weighted by Crippen LogP contribution is 2.52. The number of nitrogens with zero attached hydrogens (tertiary/aromatic N) is 3. The number of ether oxygens (including phenoxy) is 5. The summed E-state index contributed by atoms with van der Waals surface area (Å²) in [6, 6.07) is 3.67. The number of methoxy groups -OCH3 is 1. The second kappa shape index (κ2) is 12.9. The van der Waals surface area contributed by atoms with Gasteiger partial charge >= 0.3 is 12.1 Å². The minimum absolute atomic E-state index is 0.124. The van der Waals surface area contributed by atoms with Gasteiger partial charge in [-0.3, -0.25) is 4.79 Å². The van der Waals surface area contributed by atoms with Crippen molar-refractivity contribution in [1.29, 1.82) is 0 Å². The molecule has 12 nitrogen and oxygen atoms in total. The Morgan fingerprint density at radius 1 is 1.23 bits per heavy atom. The number of rotatable bonds is 11. The number of amides is 2. The molecular formula is C35H42N4O8. The summed E-state index contributed by atoms with van der Waals surface area (Å²) in [4.78, 5) is 51.1. The number of carbonyl (C=O) groups excluding carboxylic acids is 3. The second-order valence-corrected chi connectivity index (χ2v) is 12.7. The molecule has 1 N–H and O–H groups in total. The molecule has 0 radical (unpaired) electrons. The summed E-state index contributed by atoms with van der Waals surface area (Å²) < 4.78 is 29.2. The second-order valence-electron chi connectivity index (χ2n) is 12.7. The molecule has 1 spiro atoms. The molecule has 2 aliphatic carbocycles. The molecule has 5 atom stereocenters. The molecule has 0 bridgehead atoms. The van der Waals surface area contributed by atoms with E-state index < -0.39 is 41.7 Å². The maximum absolute atomic E-state index is 14.3. The van der Waals surface area contributed by atoms with Crippen LogP contribution in [0.1, 0.15) is 57.9 Å². The highest BCUT2D eigenvalue weighted by molar-refractivity contribution is 6.06. The van der Waals surface area contributed by atoms with Crippen LogP contribution in [0.5, 0.6) is 17.4 Å². The van der Waals surface area contributed by atoms with Gasteiger partial charge in [0, 0.05) is 29.4 Å². The number of hydrogen-bond donors (Lipinski definition) is 1. The first kappa shape index (κ1) is 32.3. The lowest BCUT2D eigenvalue weighted by molar-refractivity contribution is -0.137. The fourth-order valence-electron chi connectivity index (χ4n) is 6.82. The Morgan fingerprint density at radius 2 is 2.00 bits per heavy atom. The lowest BCUT2D eigenvalue weighted by Crippen LogP contribution is -2.52.